The highest BCUT2D eigenvalue weighted by Crippen LogP contribution is 2.37. The number of nitrogens with one attached hydrogen (secondary N) is 2. The maximum Gasteiger partial charge on any atom is 0.269 e. The number of nitrogens with two attached hydrogens (primary N) is 1. The van der Waals surface area contributed by atoms with E-state index < -0.39 is 16.7 Å². The predicted octanol–water partition coefficient (Wildman–Crippen LogP) is 1.63. The number of aromatic nitrogens is 2. The second-order valence-electron chi connectivity index (χ2n) is 6.96. The highest BCUT2D eigenvalue weighted by atomic mass is 16.6. The van der Waals surface area contributed by atoms with Crippen LogP contribution in [0.25, 0.3) is 0 Å². The number of nitrogens with zero attached hydrogens (tertiary/aromatic N) is 4. The van der Waals surface area contributed by atoms with Gasteiger partial charge in [-0.15, -0.1) is 0 Å². The Morgan fingerprint density at radius 2 is 1.93 bits per heavy atom. The number of anilines is 4. The third kappa shape index (κ3) is 3.66. The summed E-state index contributed by atoms with van der Waals surface area (Å²) in [6.45, 7) is 1.63. The van der Waals surface area contributed by atoms with Gasteiger partial charge in [-0.25, -0.2) is 0 Å². The number of carbonyl (C=O) groups is 2. The van der Waals surface area contributed by atoms with Crippen molar-refractivity contribution in [2.45, 2.75) is 25.2 Å². The molecule has 11 heteroatoms. The number of nitrogen functional groups attached to an aromatic ring is 1. The average Bonchev–Trinajstić information content (AvgIpc) is 3.22. The largest absolute Gasteiger partial charge is 0.383 e. The summed E-state index contributed by atoms with van der Waals surface area (Å²) in [5.41, 5.74) is 6.82. The smallest absolute Gasteiger partial charge is 0.269 e. The summed E-state index contributed by atoms with van der Waals surface area (Å²) in [4.78, 5) is 46.0. The molecule has 0 saturated carbocycles. The van der Waals surface area contributed by atoms with Gasteiger partial charge < -0.3 is 21.3 Å². The van der Waals surface area contributed by atoms with Crippen LogP contribution >= 0.6 is 0 Å². The Morgan fingerprint density at radius 1 is 1.24 bits per heavy atom. The van der Waals surface area contributed by atoms with Crippen LogP contribution in [-0.2, 0) is 9.59 Å². The van der Waals surface area contributed by atoms with Crippen LogP contribution in [0.2, 0.25) is 0 Å². The van der Waals surface area contributed by atoms with Crippen LogP contribution in [0.3, 0.4) is 0 Å². The fraction of sp³-hybridized carbons (Fsp3) is 0.333. The van der Waals surface area contributed by atoms with Crippen molar-refractivity contribution in [1.29, 1.82) is 0 Å². The fourth-order valence-electron chi connectivity index (χ4n) is 3.56. The van der Waals surface area contributed by atoms with E-state index in [2.05, 4.69) is 20.6 Å². The van der Waals surface area contributed by atoms with Crippen LogP contribution < -0.4 is 21.3 Å². The highest BCUT2D eigenvalue weighted by molar-refractivity contribution is 6.05. The molecule has 3 heterocycles. The molecule has 1 aromatic carbocycles. The SMILES string of the molecule is Nc1nc(N2CCCC2)nc2c1C(C(=O)Nc1ccc([N+](=O)[O-])cc1)CC(=O)N2. The molecule has 2 aliphatic rings. The van der Waals surface area contributed by atoms with Gasteiger partial charge in [0.15, 0.2) is 0 Å². The maximum atomic E-state index is 12.8. The fourth-order valence-corrected chi connectivity index (χ4v) is 3.56. The predicted molar refractivity (Wildman–Crippen MR) is 106 cm³/mol. The molecule has 2 aromatic rings. The molecule has 1 aromatic heterocycles. The quantitative estimate of drug-likeness (QED) is 0.519. The van der Waals surface area contributed by atoms with E-state index in [0.29, 0.717) is 17.2 Å². The summed E-state index contributed by atoms with van der Waals surface area (Å²) in [5, 5.41) is 16.1. The molecule has 0 aliphatic carbocycles. The number of carbonyl (C=O) groups excluding carboxylic acids is 2. The lowest BCUT2D eigenvalue weighted by molar-refractivity contribution is -0.384. The van der Waals surface area contributed by atoms with Crippen LogP contribution in [0.15, 0.2) is 24.3 Å². The van der Waals surface area contributed by atoms with E-state index in [1.54, 1.807) is 0 Å². The number of fused-ring (bicyclic) bond motifs is 1. The van der Waals surface area contributed by atoms with Crippen molar-refractivity contribution in [3.8, 4) is 0 Å². The van der Waals surface area contributed by atoms with Crippen molar-refractivity contribution < 1.29 is 14.5 Å². The van der Waals surface area contributed by atoms with Crippen LogP contribution in [-0.4, -0.2) is 39.8 Å². The topological polar surface area (TPSA) is 156 Å². The maximum absolute atomic E-state index is 12.8. The number of amides is 2. The van der Waals surface area contributed by atoms with Gasteiger partial charge >= 0.3 is 0 Å². The first-order valence-electron chi connectivity index (χ1n) is 9.20. The van der Waals surface area contributed by atoms with Crippen LogP contribution in [0, 0.1) is 10.1 Å². The monoisotopic (exact) mass is 397 g/mol. The van der Waals surface area contributed by atoms with E-state index in [1.807, 2.05) is 4.90 Å². The summed E-state index contributed by atoms with van der Waals surface area (Å²) in [6.07, 6.45) is 1.97. The van der Waals surface area contributed by atoms with E-state index in [-0.39, 0.29) is 29.7 Å². The summed E-state index contributed by atoms with van der Waals surface area (Å²) in [5.74, 6) is -0.816. The summed E-state index contributed by atoms with van der Waals surface area (Å²) >= 11 is 0. The number of benzene rings is 1. The van der Waals surface area contributed by atoms with Crippen LogP contribution in [0.5, 0.6) is 0 Å². The third-order valence-corrected chi connectivity index (χ3v) is 5.01. The van der Waals surface area contributed by atoms with Crippen molar-refractivity contribution in [3.05, 3.63) is 39.9 Å². The number of nitro groups is 1. The Labute approximate surface area is 165 Å². The van der Waals surface area contributed by atoms with E-state index in [0.717, 1.165) is 25.9 Å². The molecule has 1 fully saturated rings. The van der Waals surface area contributed by atoms with Crippen molar-refractivity contribution in [2.24, 2.45) is 0 Å². The molecule has 2 amide bonds. The number of nitro benzene ring substituents is 1. The van der Waals surface area contributed by atoms with Crippen molar-refractivity contribution in [2.75, 3.05) is 34.4 Å². The number of hydrogen-bond acceptors (Lipinski definition) is 8. The standard InChI is InChI=1S/C18H19N7O4/c19-15-14-12(17(27)20-10-3-5-11(6-4-10)25(28)29)9-13(26)21-16(14)23-18(22-15)24-7-1-2-8-24/h3-6,12H,1-2,7-9H2,(H,20,27)(H3,19,21,22,23,26). The van der Waals surface area contributed by atoms with E-state index in [9.17, 15) is 19.7 Å². The zero-order chi connectivity index (χ0) is 20.5. The van der Waals surface area contributed by atoms with Gasteiger partial charge in [-0.3, -0.25) is 19.7 Å². The first kappa shape index (κ1) is 18.6. The van der Waals surface area contributed by atoms with Gasteiger partial charge in [0.2, 0.25) is 17.8 Å². The van der Waals surface area contributed by atoms with Crippen LogP contribution in [0.1, 0.15) is 30.7 Å². The number of rotatable bonds is 4. The molecule has 2 aliphatic heterocycles. The first-order chi connectivity index (χ1) is 13.9. The minimum atomic E-state index is -0.860. The Balaban J connectivity index is 1.60. The molecule has 1 saturated heterocycles. The van der Waals surface area contributed by atoms with Gasteiger partial charge in [0.25, 0.3) is 5.69 Å². The number of non-ortho nitro benzene ring substituents is 1. The van der Waals surface area contributed by atoms with Crippen LogP contribution in [0.4, 0.5) is 29.0 Å². The Hall–Kier alpha value is -3.76. The van der Waals surface area contributed by atoms with Crippen molar-refractivity contribution in [3.63, 3.8) is 0 Å². The molecule has 11 nitrogen and oxygen atoms in total. The molecular weight excluding hydrogens is 378 g/mol. The summed E-state index contributed by atoms with van der Waals surface area (Å²) in [7, 11) is 0. The van der Waals surface area contributed by atoms with Crippen molar-refractivity contribution in [1.82, 2.24) is 9.97 Å². The Kier molecular flexibility index (Phi) is 4.71. The number of hydrogen-bond donors (Lipinski definition) is 3. The molecule has 150 valence electrons. The van der Waals surface area contributed by atoms with Crippen molar-refractivity contribution >= 4 is 40.8 Å². The molecule has 1 atom stereocenters. The van der Waals surface area contributed by atoms with E-state index >= 15 is 0 Å². The van der Waals surface area contributed by atoms with Gasteiger partial charge in [0, 0.05) is 37.3 Å². The zero-order valence-electron chi connectivity index (χ0n) is 15.4. The molecule has 0 bridgehead atoms. The lowest BCUT2D eigenvalue weighted by Gasteiger charge is -2.26. The zero-order valence-corrected chi connectivity index (χ0v) is 15.4. The third-order valence-electron chi connectivity index (χ3n) is 5.01. The first-order valence-corrected chi connectivity index (χ1v) is 9.20. The van der Waals surface area contributed by atoms with E-state index in [4.69, 9.17) is 5.73 Å². The highest BCUT2D eigenvalue weighted by Gasteiger charge is 2.35. The summed E-state index contributed by atoms with van der Waals surface area (Å²) in [6, 6.07) is 5.43. The Bertz CT molecular complexity index is 986. The van der Waals surface area contributed by atoms with Gasteiger partial charge in [-0.05, 0) is 25.0 Å². The molecule has 1 unspecified atom stereocenters. The second-order valence-corrected chi connectivity index (χ2v) is 6.96. The van der Waals surface area contributed by atoms with Gasteiger partial charge in [0.05, 0.1) is 16.4 Å². The molecular formula is C18H19N7O4. The molecule has 4 N–H and O–H groups in total. The molecule has 0 spiro atoms. The van der Waals surface area contributed by atoms with E-state index in [1.165, 1.54) is 24.3 Å². The minimum Gasteiger partial charge on any atom is -0.383 e. The molecule has 29 heavy (non-hydrogen) atoms. The van der Waals surface area contributed by atoms with Gasteiger partial charge in [-0.1, -0.05) is 0 Å². The van der Waals surface area contributed by atoms with Gasteiger partial charge in [0.1, 0.15) is 11.6 Å². The normalized spacial score (nSPS) is 18.1. The molecule has 4 rings (SSSR count). The minimum absolute atomic E-state index is 0.0857. The lowest BCUT2D eigenvalue weighted by atomic mass is 9.92. The summed E-state index contributed by atoms with van der Waals surface area (Å²) < 4.78 is 0. The van der Waals surface area contributed by atoms with Gasteiger partial charge in [-0.2, -0.15) is 9.97 Å². The Morgan fingerprint density at radius 3 is 2.59 bits per heavy atom. The second kappa shape index (κ2) is 7.34. The molecule has 0 radical (unpaired) electrons. The lowest BCUT2D eigenvalue weighted by Crippen LogP contribution is -2.33. The average molecular weight is 397 g/mol.